The smallest absolute Gasteiger partial charge is 0.243 e. The molecule has 0 aliphatic carbocycles. The number of hydrogen-bond acceptors (Lipinski definition) is 3. The molecule has 0 radical (unpaired) electrons. The number of hydrogen-bond donors (Lipinski definition) is 1. The van der Waals surface area contributed by atoms with Gasteiger partial charge in [-0.25, -0.2) is 4.99 Å². The van der Waals surface area contributed by atoms with Crippen LogP contribution in [0.5, 0.6) is 0 Å². The molecule has 0 atom stereocenters. The summed E-state index contributed by atoms with van der Waals surface area (Å²) in [5.41, 5.74) is 0. The molecule has 1 rings (SSSR count). The molecule has 6 nitrogen and oxygen atoms in total. The van der Waals surface area contributed by atoms with E-state index in [9.17, 15) is 4.79 Å². The highest BCUT2D eigenvalue weighted by Gasteiger charge is 2.10. The largest absolute Gasteiger partial charge is 0.467 e. The van der Waals surface area contributed by atoms with Gasteiger partial charge in [-0.15, -0.1) is 24.0 Å². The molecule has 1 amide bonds. The molecule has 0 saturated heterocycles. The van der Waals surface area contributed by atoms with Gasteiger partial charge in [0.15, 0.2) is 5.96 Å². The Hall–Kier alpha value is -1.25. The molecule has 0 aliphatic heterocycles. The molecule has 1 aromatic heterocycles. The van der Waals surface area contributed by atoms with Gasteiger partial charge in [0.25, 0.3) is 0 Å². The van der Waals surface area contributed by atoms with E-state index in [-0.39, 0.29) is 36.4 Å². The fourth-order valence-corrected chi connectivity index (χ4v) is 1.68. The lowest BCUT2D eigenvalue weighted by atomic mass is 10.3. The first-order chi connectivity index (χ1) is 10.0. The normalized spacial score (nSPS) is 10.8. The lowest BCUT2D eigenvalue weighted by Gasteiger charge is -2.21. The summed E-state index contributed by atoms with van der Waals surface area (Å²) in [4.78, 5) is 19.6. The van der Waals surface area contributed by atoms with Crippen LogP contribution in [0.3, 0.4) is 0 Å². The van der Waals surface area contributed by atoms with Crippen LogP contribution in [0.2, 0.25) is 0 Å². The van der Waals surface area contributed by atoms with Gasteiger partial charge in [0.05, 0.1) is 12.8 Å². The average molecular weight is 422 g/mol. The third kappa shape index (κ3) is 7.67. The van der Waals surface area contributed by atoms with E-state index >= 15 is 0 Å². The zero-order chi connectivity index (χ0) is 15.7. The number of carbonyl (C=O) groups is 1. The van der Waals surface area contributed by atoms with E-state index in [0.717, 1.165) is 31.1 Å². The van der Waals surface area contributed by atoms with Crippen LogP contribution in [0.1, 0.15) is 25.5 Å². The number of aliphatic imine (C=N–C) groups is 1. The maximum atomic E-state index is 11.7. The molecule has 0 aromatic carbocycles. The van der Waals surface area contributed by atoms with Crippen LogP contribution in [0.15, 0.2) is 27.8 Å². The Morgan fingerprint density at radius 3 is 2.64 bits per heavy atom. The number of guanidine groups is 1. The third-order valence-electron chi connectivity index (χ3n) is 3.01. The molecule has 22 heavy (non-hydrogen) atoms. The highest BCUT2D eigenvalue weighted by Crippen LogP contribution is 2.04. The maximum Gasteiger partial charge on any atom is 0.243 e. The maximum absolute atomic E-state index is 11.7. The van der Waals surface area contributed by atoms with Crippen molar-refractivity contribution in [1.29, 1.82) is 0 Å². The quantitative estimate of drug-likeness (QED) is 0.317. The second-order valence-corrected chi connectivity index (χ2v) is 5.14. The predicted octanol–water partition coefficient (Wildman–Crippen LogP) is 2.16. The minimum absolute atomic E-state index is 0. The Morgan fingerprint density at radius 1 is 1.36 bits per heavy atom. The number of rotatable bonds is 7. The minimum atomic E-state index is -0.0174. The van der Waals surface area contributed by atoms with Crippen molar-refractivity contribution in [2.75, 3.05) is 34.2 Å². The van der Waals surface area contributed by atoms with Crippen molar-refractivity contribution in [1.82, 2.24) is 15.1 Å². The van der Waals surface area contributed by atoms with E-state index in [1.54, 1.807) is 25.3 Å². The molecule has 0 aliphatic rings. The number of nitrogens with one attached hydrogen (secondary N) is 1. The lowest BCUT2D eigenvalue weighted by molar-refractivity contribution is -0.127. The van der Waals surface area contributed by atoms with E-state index < -0.39 is 0 Å². The number of unbranched alkanes of at least 4 members (excludes halogenated alkanes) is 1. The van der Waals surface area contributed by atoms with E-state index in [2.05, 4.69) is 17.2 Å². The van der Waals surface area contributed by atoms with E-state index in [1.807, 2.05) is 24.1 Å². The SMILES string of the molecule is CCCCNC(=NCC(=O)N(C)C)N(C)Cc1ccco1.I. The van der Waals surface area contributed by atoms with Gasteiger partial charge in [-0.1, -0.05) is 13.3 Å². The Labute approximate surface area is 150 Å². The van der Waals surface area contributed by atoms with Gasteiger partial charge in [-0.05, 0) is 18.6 Å². The second kappa shape index (κ2) is 11.3. The number of halogens is 1. The van der Waals surface area contributed by atoms with Crippen molar-refractivity contribution in [2.24, 2.45) is 4.99 Å². The first kappa shape index (κ1) is 20.8. The summed E-state index contributed by atoms with van der Waals surface area (Å²) in [7, 11) is 5.39. The average Bonchev–Trinajstić information content (AvgIpc) is 2.94. The van der Waals surface area contributed by atoms with Crippen LogP contribution in [-0.4, -0.2) is 55.9 Å². The van der Waals surface area contributed by atoms with Crippen molar-refractivity contribution in [3.05, 3.63) is 24.2 Å². The number of likely N-dealkylation sites (N-methyl/N-ethyl adjacent to an activating group) is 1. The molecule has 1 N–H and O–H groups in total. The molecular formula is C15H27IN4O2. The van der Waals surface area contributed by atoms with Crippen molar-refractivity contribution in [2.45, 2.75) is 26.3 Å². The van der Waals surface area contributed by atoms with Gasteiger partial charge in [-0.3, -0.25) is 4.79 Å². The number of furan rings is 1. The van der Waals surface area contributed by atoms with Gasteiger partial charge in [0.2, 0.25) is 5.91 Å². The zero-order valence-electron chi connectivity index (χ0n) is 13.8. The molecule has 0 unspecified atom stereocenters. The van der Waals surface area contributed by atoms with Crippen LogP contribution >= 0.6 is 24.0 Å². The number of nitrogens with zero attached hydrogens (tertiary/aromatic N) is 3. The molecule has 7 heteroatoms. The van der Waals surface area contributed by atoms with Crippen molar-refractivity contribution >= 4 is 35.8 Å². The van der Waals surface area contributed by atoms with Gasteiger partial charge >= 0.3 is 0 Å². The van der Waals surface area contributed by atoms with Gasteiger partial charge < -0.3 is 19.5 Å². The lowest BCUT2D eigenvalue weighted by Crippen LogP contribution is -2.40. The van der Waals surface area contributed by atoms with Crippen LogP contribution in [0.25, 0.3) is 0 Å². The predicted molar refractivity (Wildman–Crippen MR) is 99.5 cm³/mol. The van der Waals surface area contributed by atoms with Crippen molar-refractivity contribution < 1.29 is 9.21 Å². The highest BCUT2D eigenvalue weighted by molar-refractivity contribution is 14.0. The second-order valence-electron chi connectivity index (χ2n) is 5.14. The molecule has 1 aromatic rings. The number of carbonyl (C=O) groups excluding carboxylic acids is 1. The summed E-state index contributed by atoms with van der Waals surface area (Å²) in [6.45, 7) is 3.74. The van der Waals surface area contributed by atoms with Crippen molar-refractivity contribution in [3.63, 3.8) is 0 Å². The monoisotopic (exact) mass is 422 g/mol. The van der Waals surface area contributed by atoms with Gasteiger partial charge in [0.1, 0.15) is 12.3 Å². The van der Waals surface area contributed by atoms with Gasteiger partial charge in [-0.2, -0.15) is 0 Å². The summed E-state index contributed by atoms with van der Waals surface area (Å²) >= 11 is 0. The third-order valence-corrected chi connectivity index (χ3v) is 3.01. The van der Waals surface area contributed by atoms with E-state index in [1.165, 1.54) is 0 Å². The Kier molecular flexibility index (Phi) is 10.7. The first-order valence-electron chi connectivity index (χ1n) is 7.26. The summed E-state index contributed by atoms with van der Waals surface area (Å²) in [6.07, 6.45) is 3.83. The summed E-state index contributed by atoms with van der Waals surface area (Å²) in [6, 6.07) is 3.78. The number of amides is 1. The fourth-order valence-electron chi connectivity index (χ4n) is 1.68. The van der Waals surface area contributed by atoms with Gasteiger partial charge in [0, 0.05) is 27.7 Å². The Morgan fingerprint density at radius 2 is 2.09 bits per heavy atom. The molecule has 1 heterocycles. The van der Waals surface area contributed by atoms with Crippen LogP contribution in [0, 0.1) is 0 Å². The summed E-state index contributed by atoms with van der Waals surface area (Å²) in [5, 5.41) is 3.29. The molecule has 0 fully saturated rings. The van der Waals surface area contributed by atoms with E-state index in [0.29, 0.717) is 6.54 Å². The molecule has 0 bridgehead atoms. The molecule has 0 spiro atoms. The van der Waals surface area contributed by atoms with Crippen LogP contribution in [-0.2, 0) is 11.3 Å². The molecular weight excluding hydrogens is 395 g/mol. The van der Waals surface area contributed by atoms with Crippen molar-refractivity contribution in [3.8, 4) is 0 Å². The van der Waals surface area contributed by atoms with Crippen LogP contribution in [0.4, 0.5) is 0 Å². The molecule has 126 valence electrons. The summed E-state index contributed by atoms with van der Waals surface area (Å²) < 4.78 is 5.34. The highest BCUT2D eigenvalue weighted by atomic mass is 127. The standard InChI is InChI=1S/C15H26N4O2.HI/c1-5-6-9-16-15(17-11-14(20)18(2)3)19(4)12-13-8-7-10-21-13;/h7-8,10H,5-6,9,11-12H2,1-4H3,(H,16,17);1H. The minimum Gasteiger partial charge on any atom is -0.467 e. The summed E-state index contributed by atoms with van der Waals surface area (Å²) in [5.74, 6) is 1.56. The fraction of sp³-hybridized carbons (Fsp3) is 0.600. The Balaban J connectivity index is 0.00000441. The topological polar surface area (TPSA) is 61.1 Å². The first-order valence-corrected chi connectivity index (χ1v) is 7.26. The Bertz CT molecular complexity index is 446. The molecule has 0 saturated carbocycles. The van der Waals surface area contributed by atoms with E-state index in [4.69, 9.17) is 4.42 Å². The zero-order valence-corrected chi connectivity index (χ0v) is 16.2. The van der Waals surface area contributed by atoms with Crippen LogP contribution < -0.4 is 5.32 Å².